The molecule has 0 aliphatic carbocycles. The van der Waals surface area contributed by atoms with Gasteiger partial charge < -0.3 is 37.5 Å². The maximum absolute atomic E-state index is 13.5. The van der Waals surface area contributed by atoms with E-state index in [9.17, 15) is 24.3 Å². The normalized spacial score (nSPS) is 14.1. The van der Waals surface area contributed by atoms with Crippen LogP contribution in [0, 0.1) is 5.92 Å². The number of hydrogen-bond donors (Lipinski definition) is 7. The van der Waals surface area contributed by atoms with E-state index in [0.29, 0.717) is 32.2 Å². The molecule has 43 heavy (non-hydrogen) atoms. The predicted molar refractivity (Wildman–Crippen MR) is 166 cm³/mol. The van der Waals surface area contributed by atoms with Crippen molar-refractivity contribution in [1.82, 2.24) is 20.9 Å². The van der Waals surface area contributed by atoms with Gasteiger partial charge in [-0.25, -0.2) is 4.79 Å². The molecule has 0 radical (unpaired) electrons. The van der Waals surface area contributed by atoms with E-state index in [1.807, 2.05) is 68.4 Å². The standard InChI is InChI=1S/C32H44N6O5/c1-20(2)16-27(31(41)38-28(32(42)43)18-22-19-35-25-13-7-6-12-23(22)25)37-30(40)26(14-8-9-15-33)36-29(39)24(34)17-21-10-4-3-5-11-21/h3-7,10-13,19-20,24,26-28,35H,8-9,14-18,33-34H2,1-2H3,(H,36,39)(H,37,40)(H,38,41)(H,42,43). The van der Waals surface area contributed by atoms with E-state index in [-0.39, 0.29) is 18.8 Å². The zero-order chi connectivity index (χ0) is 31.4. The number of carbonyl (C=O) groups is 4. The summed E-state index contributed by atoms with van der Waals surface area (Å²) in [5.41, 5.74) is 14.3. The number of nitrogens with one attached hydrogen (secondary N) is 4. The molecule has 3 aromatic rings. The molecule has 0 aliphatic rings. The molecular weight excluding hydrogens is 548 g/mol. The first-order valence-electron chi connectivity index (χ1n) is 14.8. The van der Waals surface area contributed by atoms with Crippen molar-refractivity contribution >= 4 is 34.6 Å². The maximum atomic E-state index is 13.5. The number of unbranched alkanes of at least 4 members (excludes halogenated alkanes) is 1. The van der Waals surface area contributed by atoms with Crippen molar-refractivity contribution < 1.29 is 24.3 Å². The third kappa shape index (κ3) is 10.2. The topological polar surface area (TPSA) is 192 Å². The van der Waals surface area contributed by atoms with E-state index in [2.05, 4.69) is 20.9 Å². The van der Waals surface area contributed by atoms with Crippen LogP contribution in [0.3, 0.4) is 0 Å². The monoisotopic (exact) mass is 592 g/mol. The minimum atomic E-state index is -1.21. The van der Waals surface area contributed by atoms with Gasteiger partial charge in [0.1, 0.15) is 18.1 Å². The van der Waals surface area contributed by atoms with Crippen LogP contribution in [-0.2, 0) is 32.0 Å². The number of nitrogens with two attached hydrogens (primary N) is 2. The summed E-state index contributed by atoms with van der Waals surface area (Å²) < 4.78 is 0. The van der Waals surface area contributed by atoms with Crippen LogP contribution in [0.4, 0.5) is 0 Å². The molecule has 0 fully saturated rings. The molecule has 11 nitrogen and oxygen atoms in total. The molecule has 0 spiro atoms. The maximum Gasteiger partial charge on any atom is 0.326 e. The van der Waals surface area contributed by atoms with Crippen LogP contribution in [0.5, 0.6) is 0 Å². The Balaban J connectivity index is 1.71. The summed E-state index contributed by atoms with van der Waals surface area (Å²) in [7, 11) is 0. The van der Waals surface area contributed by atoms with Gasteiger partial charge in [-0.05, 0) is 61.8 Å². The van der Waals surface area contributed by atoms with Crippen LogP contribution >= 0.6 is 0 Å². The average molecular weight is 593 g/mol. The smallest absolute Gasteiger partial charge is 0.326 e. The van der Waals surface area contributed by atoms with Gasteiger partial charge in [0.25, 0.3) is 0 Å². The number of hydrogen-bond acceptors (Lipinski definition) is 6. The lowest BCUT2D eigenvalue weighted by atomic mass is 10.00. The lowest BCUT2D eigenvalue weighted by molar-refractivity contribution is -0.142. The highest BCUT2D eigenvalue weighted by Crippen LogP contribution is 2.19. The largest absolute Gasteiger partial charge is 0.480 e. The zero-order valence-corrected chi connectivity index (χ0v) is 24.8. The molecule has 1 heterocycles. The van der Waals surface area contributed by atoms with Crippen LogP contribution in [0.1, 0.15) is 50.7 Å². The number of rotatable bonds is 17. The summed E-state index contributed by atoms with van der Waals surface area (Å²) in [4.78, 5) is 55.1. The molecular formula is C32H44N6O5. The van der Waals surface area contributed by atoms with Crippen LogP contribution in [-0.4, -0.2) is 64.5 Å². The van der Waals surface area contributed by atoms with Crippen molar-refractivity contribution in [3.05, 3.63) is 71.9 Å². The fourth-order valence-electron chi connectivity index (χ4n) is 4.97. The van der Waals surface area contributed by atoms with Gasteiger partial charge in [0.05, 0.1) is 6.04 Å². The fourth-order valence-corrected chi connectivity index (χ4v) is 4.97. The summed E-state index contributed by atoms with van der Waals surface area (Å²) in [6.45, 7) is 4.23. The second kappa shape index (κ2) is 16.4. The Morgan fingerprint density at radius 1 is 0.814 bits per heavy atom. The molecule has 0 saturated carbocycles. The van der Waals surface area contributed by atoms with E-state index in [1.165, 1.54) is 0 Å². The van der Waals surface area contributed by atoms with Crippen molar-refractivity contribution in [3.8, 4) is 0 Å². The number of benzene rings is 2. The van der Waals surface area contributed by atoms with Crippen LogP contribution in [0.25, 0.3) is 10.9 Å². The second-order valence-electron chi connectivity index (χ2n) is 11.3. The molecule has 9 N–H and O–H groups in total. The molecule has 2 aromatic carbocycles. The van der Waals surface area contributed by atoms with Gasteiger partial charge in [-0.15, -0.1) is 0 Å². The number of amides is 3. The Hall–Kier alpha value is -4.22. The van der Waals surface area contributed by atoms with Crippen LogP contribution in [0.2, 0.25) is 0 Å². The summed E-state index contributed by atoms with van der Waals surface area (Å²) in [5.74, 6) is -2.81. The molecule has 3 rings (SSSR count). The molecule has 3 amide bonds. The van der Waals surface area contributed by atoms with Crippen molar-refractivity contribution in [3.63, 3.8) is 0 Å². The van der Waals surface area contributed by atoms with E-state index in [0.717, 1.165) is 22.0 Å². The van der Waals surface area contributed by atoms with E-state index < -0.39 is 47.9 Å². The quantitative estimate of drug-likeness (QED) is 0.117. The van der Waals surface area contributed by atoms with Crippen LogP contribution < -0.4 is 27.4 Å². The predicted octanol–water partition coefficient (Wildman–Crippen LogP) is 1.99. The molecule has 0 bridgehead atoms. The van der Waals surface area contributed by atoms with Crippen molar-refractivity contribution in [1.29, 1.82) is 0 Å². The first kappa shape index (κ1) is 33.3. The molecule has 11 heteroatoms. The number of carboxylic acids is 1. The molecule has 232 valence electrons. The van der Waals surface area contributed by atoms with Gasteiger partial charge in [-0.3, -0.25) is 14.4 Å². The highest BCUT2D eigenvalue weighted by atomic mass is 16.4. The number of aliphatic carboxylic acids is 1. The number of aromatic amines is 1. The van der Waals surface area contributed by atoms with E-state index in [1.54, 1.807) is 6.20 Å². The second-order valence-corrected chi connectivity index (χ2v) is 11.3. The highest BCUT2D eigenvalue weighted by Gasteiger charge is 2.31. The Labute approximate surface area is 252 Å². The minimum Gasteiger partial charge on any atom is -0.480 e. The number of H-pyrrole nitrogens is 1. The summed E-state index contributed by atoms with van der Waals surface area (Å²) in [6, 6.07) is 12.8. The number of fused-ring (bicyclic) bond motifs is 1. The minimum absolute atomic E-state index is 0.0116. The average Bonchev–Trinajstić information content (AvgIpc) is 3.38. The number of aromatic nitrogens is 1. The molecule has 1 aromatic heterocycles. The van der Waals surface area contributed by atoms with Crippen molar-refractivity contribution in [2.75, 3.05) is 6.54 Å². The van der Waals surface area contributed by atoms with E-state index >= 15 is 0 Å². The fraction of sp³-hybridized carbons (Fsp3) is 0.438. The Kier molecular flexibility index (Phi) is 12.7. The van der Waals surface area contributed by atoms with Crippen LogP contribution in [0.15, 0.2) is 60.8 Å². The molecule has 4 atom stereocenters. The lowest BCUT2D eigenvalue weighted by Crippen LogP contribution is -2.57. The molecule has 0 aliphatic heterocycles. The van der Waals surface area contributed by atoms with Gasteiger partial charge in [0.2, 0.25) is 17.7 Å². The molecule has 0 saturated heterocycles. The lowest BCUT2D eigenvalue weighted by Gasteiger charge is -2.26. The van der Waals surface area contributed by atoms with Gasteiger partial charge in [0.15, 0.2) is 0 Å². The van der Waals surface area contributed by atoms with Gasteiger partial charge in [-0.1, -0.05) is 62.4 Å². The third-order valence-electron chi connectivity index (χ3n) is 7.27. The number of para-hydroxylation sites is 1. The first-order chi connectivity index (χ1) is 20.6. The Morgan fingerprint density at radius 2 is 1.44 bits per heavy atom. The SMILES string of the molecule is CC(C)CC(NC(=O)C(CCCCN)NC(=O)C(N)Cc1ccccc1)C(=O)NC(Cc1c[nH]c2ccccc12)C(=O)O. The van der Waals surface area contributed by atoms with Crippen molar-refractivity contribution in [2.45, 2.75) is 76.5 Å². The highest BCUT2D eigenvalue weighted by molar-refractivity contribution is 5.94. The summed E-state index contributed by atoms with van der Waals surface area (Å²) in [6.07, 6.45) is 3.90. The number of carbonyl (C=O) groups excluding carboxylic acids is 3. The van der Waals surface area contributed by atoms with Crippen molar-refractivity contribution in [2.24, 2.45) is 17.4 Å². The van der Waals surface area contributed by atoms with E-state index in [4.69, 9.17) is 11.5 Å². The van der Waals surface area contributed by atoms with Gasteiger partial charge in [-0.2, -0.15) is 0 Å². The zero-order valence-electron chi connectivity index (χ0n) is 24.8. The third-order valence-corrected chi connectivity index (χ3v) is 7.27. The Bertz CT molecular complexity index is 1360. The molecule has 4 unspecified atom stereocenters. The number of carboxylic acid groups (broad SMARTS) is 1. The summed E-state index contributed by atoms with van der Waals surface area (Å²) in [5, 5.41) is 18.9. The van der Waals surface area contributed by atoms with Gasteiger partial charge >= 0.3 is 5.97 Å². The summed E-state index contributed by atoms with van der Waals surface area (Å²) >= 11 is 0. The Morgan fingerprint density at radius 3 is 2.12 bits per heavy atom. The van der Waals surface area contributed by atoms with Gasteiger partial charge in [0, 0.05) is 23.5 Å². The first-order valence-corrected chi connectivity index (χ1v) is 14.8.